The van der Waals surface area contributed by atoms with Gasteiger partial charge >= 0.3 is 0 Å². The molecule has 0 radical (unpaired) electrons. The van der Waals surface area contributed by atoms with Crippen LogP contribution in [0.2, 0.25) is 0 Å². The fraction of sp³-hybridized carbons (Fsp3) is 0.350. The lowest BCUT2D eigenvalue weighted by Gasteiger charge is -2.14. The molecule has 6 heteroatoms. The highest BCUT2D eigenvalue weighted by molar-refractivity contribution is 5.76. The molecular weight excluding hydrogens is 326 g/mol. The zero-order valence-corrected chi connectivity index (χ0v) is 15.7. The highest BCUT2D eigenvalue weighted by Gasteiger charge is 2.18. The number of amides is 1. The molecule has 1 aromatic carbocycles. The summed E-state index contributed by atoms with van der Waals surface area (Å²) in [5, 5.41) is 11.9. The molecule has 0 spiro atoms. The molecule has 1 atom stereocenters. The Balaban J connectivity index is 1.57. The lowest BCUT2D eigenvalue weighted by atomic mass is 10.1. The Kier molecular flexibility index (Phi) is 5.21. The van der Waals surface area contributed by atoms with Gasteiger partial charge in [-0.3, -0.25) is 9.48 Å². The Bertz CT molecular complexity index is 894. The van der Waals surface area contributed by atoms with Crippen LogP contribution in [0.3, 0.4) is 0 Å². The number of benzene rings is 1. The second kappa shape index (κ2) is 7.56. The standard InChI is InChI=1S/C20H25N5O/c1-14(20-15(2)23-24(4)16(20)3)22-19(26)11-10-17-12-21-25(13-17)18-8-6-5-7-9-18/h5-9,12-14H,10-11H2,1-4H3,(H,22,26). The first-order chi connectivity index (χ1) is 12.5. The molecule has 26 heavy (non-hydrogen) atoms. The van der Waals surface area contributed by atoms with Crippen molar-refractivity contribution in [2.45, 2.75) is 39.7 Å². The smallest absolute Gasteiger partial charge is 0.220 e. The summed E-state index contributed by atoms with van der Waals surface area (Å²) in [6, 6.07) is 9.89. The minimum absolute atomic E-state index is 0.0348. The first kappa shape index (κ1) is 17.9. The minimum atomic E-state index is -0.0526. The van der Waals surface area contributed by atoms with Gasteiger partial charge in [-0.2, -0.15) is 10.2 Å². The molecule has 0 aliphatic heterocycles. The van der Waals surface area contributed by atoms with Gasteiger partial charge in [-0.25, -0.2) is 4.68 Å². The van der Waals surface area contributed by atoms with Crippen molar-refractivity contribution in [2.75, 3.05) is 0 Å². The molecule has 2 heterocycles. The topological polar surface area (TPSA) is 64.7 Å². The second-order valence-corrected chi connectivity index (χ2v) is 6.63. The molecule has 2 aromatic heterocycles. The predicted molar refractivity (Wildman–Crippen MR) is 101 cm³/mol. The lowest BCUT2D eigenvalue weighted by Crippen LogP contribution is -2.27. The monoisotopic (exact) mass is 351 g/mol. The lowest BCUT2D eigenvalue weighted by molar-refractivity contribution is -0.121. The first-order valence-electron chi connectivity index (χ1n) is 8.84. The maximum atomic E-state index is 12.3. The third kappa shape index (κ3) is 3.85. The van der Waals surface area contributed by atoms with Gasteiger partial charge in [0, 0.05) is 30.9 Å². The summed E-state index contributed by atoms with van der Waals surface area (Å²) < 4.78 is 3.68. The van der Waals surface area contributed by atoms with E-state index in [-0.39, 0.29) is 11.9 Å². The molecule has 3 rings (SSSR count). The molecule has 136 valence electrons. The summed E-state index contributed by atoms with van der Waals surface area (Å²) in [5.74, 6) is 0.0348. The molecule has 0 aliphatic carbocycles. The Hall–Kier alpha value is -2.89. The Morgan fingerprint density at radius 1 is 1.23 bits per heavy atom. The summed E-state index contributed by atoms with van der Waals surface area (Å²) in [6.45, 7) is 6.00. The number of para-hydroxylation sites is 1. The molecule has 0 aliphatic rings. The number of hydrogen-bond acceptors (Lipinski definition) is 3. The van der Waals surface area contributed by atoms with Crippen LogP contribution in [0, 0.1) is 13.8 Å². The van der Waals surface area contributed by atoms with E-state index >= 15 is 0 Å². The molecule has 1 unspecified atom stereocenters. The van der Waals surface area contributed by atoms with E-state index in [2.05, 4.69) is 15.5 Å². The Labute approximate surface area is 153 Å². The SMILES string of the molecule is Cc1nn(C)c(C)c1C(C)NC(=O)CCc1cnn(-c2ccccc2)c1. The third-order valence-corrected chi connectivity index (χ3v) is 4.67. The first-order valence-corrected chi connectivity index (χ1v) is 8.84. The van der Waals surface area contributed by atoms with Gasteiger partial charge in [-0.15, -0.1) is 0 Å². The van der Waals surface area contributed by atoms with E-state index in [0.717, 1.165) is 28.2 Å². The molecule has 0 fully saturated rings. The maximum absolute atomic E-state index is 12.3. The number of rotatable bonds is 6. The second-order valence-electron chi connectivity index (χ2n) is 6.63. The molecule has 0 bridgehead atoms. The van der Waals surface area contributed by atoms with Gasteiger partial charge in [-0.05, 0) is 44.9 Å². The van der Waals surface area contributed by atoms with Gasteiger partial charge in [-0.1, -0.05) is 18.2 Å². The average Bonchev–Trinajstić information content (AvgIpc) is 3.19. The van der Waals surface area contributed by atoms with Crippen molar-refractivity contribution in [3.63, 3.8) is 0 Å². The van der Waals surface area contributed by atoms with Crippen LogP contribution in [0.4, 0.5) is 0 Å². The van der Waals surface area contributed by atoms with Crippen LogP contribution >= 0.6 is 0 Å². The fourth-order valence-electron chi connectivity index (χ4n) is 3.27. The summed E-state index contributed by atoms with van der Waals surface area (Å²) in [4.78, 5) is 12.3. The zero-order valence-electron chi connectivity index (χ0n) is 15.7. The summed E-state index contributed by atoms with van der Waals surface area (Å²) in [5.41, 5.74) is 5.20. The van der Waals surface area contributed by atoms with Crippen molar-refractivity contribution in [1.29, 1.82) is 0 Å². The van der Waals surface area contributed by atoms with Crippen molar-refractivity contribution < 1.29 is 4.79 Å². The zero-order chi connectivity index (χ0) is 18.7. The normalized spacial score (nSPS) is 12.2. The van der Waals surface area contributed by atoms with Crippen molar-refractivity contribution in [2.24, 2.45) is 7.05 Å². The largest absolute Gasteiger partial charge is 0.349 e. The van der Waals surface area contributed by atoms with Crippen LogP contribution in [0.15, 0.2) is 42.7 Å². The molecule has 3 aromatic rings. The van der Waals surface area contributed by atoms with E-state index in [1.165, 1.54) is 0 Å². The minimum Gasteiger partial charge on any atom is -0.349 e. The quantitative estimate of drug-likeness (QED) is 0.742. The molecular formula is C20H25N5O. The van der Waals surface area contributed by atoms with E-state index in [4.69, 9.17) is 0 Å². The predicted octanol–water partition coefficient (Wildman–Crippen LogP) is 3.03. The molecule has 0 saturated carbocycles. The highest BCUT2D eigenvalue weighted by Crippen LogP contribution is 2.20. The van der Waals surface area contributed by atoms with Gasteiger partial charge in [0.15, 0.2) is 0 Å². The van der Waals surface area contributed by atoms with E-state index in [1.807, 2.05) is 79.9 Å². The fourth-order valence-corrected chi connectivity index (χ4v) is 3.27. The number of carbonyl (C=O) groups is 1. The van der Waals surface area contributed by atoms with Crippen molar-refractivity contribution in [3.8, 4) is 5.69 Å². The van der Waals surface area contributed by atoms with E-state index in [1.54, 1.807) is 0 Å². The number of nitrogens with zero attached hydrogens (tertiary/aromatic N) is 4. The van der Waals surface area contributed by atoms with Gasteiger partial charge in [0.25, 0.3) is 0 Å². The highest BCUT2D eigenvalue weighted by atomic mass is 16.1. The Morgan fingerprint density at radius 2 is 1.96 bits per heavy atom. The van der Waals surface area contributed by atoms with Crippen molar-refractivity contribution in [3.05, 3.63) is 65.2 Å². The van der Waals surface area contributed by atoms with Crippen molar-refractivity contribution >= 4 is 5.91 Å². The average molecular weight is 351 g/mol. The van der Waals surface area contributed by atoms with E-state index < -0.39 is 0 Å². The summed E-state index contributed by atoms with van der Waals surface area (Å²) >= 11 is 0. The Morgan fingerprint density at radius 3 is 2.62 bits per heavy atom. The maximum Gasteiger partial charge on any atom is 0.220 e. The summed E-state index contributed by atoms with van der Waals surface area (Å²) in [6.07, 6.45) is 4.89. The third-order valence-electron chi connectivity index (χ3n) is 4.67. The number of nitrogens with one attached hydrogen (secondary N) is 1. The number of aromatic nitrogens is 4. The van der Waals surface area contributed by atoms with Crippen LogP contribution < -0.4 is 5.32 Å². The van der Waals surface area contributed by atoms with Crippen LogP contribution in [0.5, 0.6) is 0 Å². The number of carbonyl (C=O) groups excluding carboxylic acids is 1. The van der Waals surface area contributed by atoms with Gasteiger partial charge in [0.2, 0.25) is 5.91 Å². The number of aryl methyl sites for hydroxylation is 3. The molecule has 1 N–H and O–H groups in total. The molecule has 6 nitrogen and oxygen atoms in total. The van der Waals surface area contributed by atoms with Gasteiger partial charge in [0.05, 0.1) is 23.6 Å². The molecule has 1 amide bonds. The van der Waals surface area contributed by atoms with E-state index in [0.29, 0.717) is 12.8 Å². The van der Waals surface area contributed by atoms with Crippen LogP contribution in [-0.4, -0.2) is 25.5 Å². The molecule has 0 saturated heterocycles. The van der Waals surface area contributed by atoms with Crippen molar-refractivity contribution in [1.82, 2.24) is 24.9 Å². The van der Waals surface area contributed by atoms with Crippen LogP contribution in [-0.2, 0) is 18.3 Å². The van der Waals surface area contributed by atoms with E-state index in [9.17, 15) is 4.79 Å². The van der Waals surface area contributed by atoms with Gasteiger partial charge < -0.3 is 5.32 Å². The van der Waals surface area contributed by atoms with Crippen LogP contribution in [0.25, 0.3) is 5.69 Å². The summed E-state index contributed by atoms with van der Waals surface area (Å²) in [7, 11) is 1.92. The van der Waals surface area contributed by atoms with Gasteiger partial charge in [0.1, 0.15) is 0 Å². The number of hydrogen-bond donors (Lipinski definition) is 1. The van der Waals surface area contributed by atoms with Crippen LogP contribution in [0.1, 0.15) is 41.9 Å².